The molecule has 0 saturated heterocycles. The first-order chi connectivity index (χ1) is 8.28. The number of nitrogens with zero attached hydrogens (tertiary/aromatic N) is 2. The van der Waals surface area contributed by atoms with Gasteiger partial charge in [-0.2, -0.15) is 4.90 Å². The zero-order chi connectivity index (χ0) is 13.5. The average molecular weight is 313 g/mol. The van der Waals surface area contributed by atoms with Crippen molar-refractivity contribution in [1.82, 2.24) is 4.98 Å². The topological polar surface area (TPSA) is 59.5 Å². The predicted molar refractivity (Wildman–Crippen MR) is 69.4 cm³/mol. The summed E-state index contributed by atoms with van der Waals surface area (Å²) in [6, 6.07) is 1.78. The van der Waals surface area contributed by atoms with Crippen molar-refractivity contribution in [3.05, 3.63) is 22.3 Å². The van der Waals surface area contributed by atoms with Crippen LogP contribution in [0.1, 0.15) is 26.3 Å². The lowest BCUT2D eigenvalue weighted by Gasteiger charge is -2.23. The molecule has 0 saturated carbocycles. The second kappa shape index (κ2) is 4.35. The van der Waals surface area contributed by atoms with Crippen molar-refractivity contribution in [3.8, 4) is 0 Å². The van der Waals surface area contributed by atoms with Crippen molar-refractivity contribution < 1.29 is 14.3 Å². The Morgan fingerprint density at radius 1 is 1.50 bits per heavy atom. The van der Waals surface area contributed by atoms with Gasteiger partial charge >= 0.3 is 6.09 Å². The van der Waals surface area contributed by atoms with E-state index in [-0.39, 0.29) is 12.3 Å². The second-order valence-electron chi connectivity index (χ2n) is 5.02. The van der Waals surface area contributed by atoms with Gasteiger partial charge in [0.2, 0.25) is 5.91 Å². The van der Waals surface area contributed by atoms with Crippen LogP contribution >= 0.6 is 15.9 Å². The molecule has 1 aliphatic rings. The summed E-state index contributed by atoms with van der Waals surface area (Å²) in [6.45, 7) is 5.25. The largest absolute Gasteiger partial charge is 0.443 e. The van der Waals surface area contributed by atoms with Gasteiger partial charge in [-0.3, -0.25) is 4.79 Å². The maximum Gasteiger partial charge on any atom is 0.423 e. The van der Waals surface area contributed by atoms with Gasteiger partial charge in [-0.05, 0) is 42.8 Å². The van der Waals surface area contributed by atoms with Crippen LogP contribution in [-0.2, 0) is 16.0 Å². The zero-order valence-corrected chi connectivity index (χ0v) is 11.9. The van der Waals surface area contributed by atoms with Crippen LogP contribution in [0.2, 0.25) is 0 Å². The quantitative estimate of drug-likeness (QED) is 0.739. The van der Waals surface area contributed by atoms with Gasteiger partial charge < -0.3 is 4.74 Å². The molecule has 6 heteroatoms. The maximum absolute atomic E-state index is 12.0. The molecule has 96 valence electrons. The van der Waals surface area contributed by atoms with Crippen LogP contribution in [0.3, 0.4) is 0 Å². The molecule has 2 rings (SSSR count). The third-order valence-electron chi connectivity index (χ3n) is 2.29. The number of carbonyl (C=O) groups excluding carboxylic acids is 2. The monoisotopic (exact) mass is 312 g/mol. The van der Waals surface area contributed by atoms with Crippen molar-refractivity contribution in [3.63, 3.8) is 0 Å². The molecular formula is C12H13BrN2O3. The molecule has 0 bridgehead atoms. The number of hydrogen-bond acceptors (Lipinski definition) is 4. The Hall–Kier alpha value is -1.43. The van der Waals surface area contributed by atoms with E-state index >= 15 is 0 Å². The van der Waals surface area contributed by atoms with E-state index in [0.717, 1.165) is 14.9 Å². The lowest BCUT2D eigenvalue weighted by Crippen LogP contribution is -2.39. The summed E-state index contributed by atoms with van der Waals surface area (Å²) < 4.78 is 5.97. The molecule has 0 aliphatic carbocycles. The first kappa shape index (κ1) is 13.0. The van der Waals surface area contributed by atoms with Gasteiger partial charge in [0.15, 0.2) is 0 Å². The van der Waals surface area contributed by atoms with Crippen molar-refractivity contribution in [2.75, 3.05) is 4.90 Å². The molecule has 0 fully saturated rings. The highest BCUT2D eigenvalue weighted by Crippen LogP contribution is 2.29. The van der Waals surface area contributed by atoms with Gasteiger partial charge in [0, 0.05) is 16.2 Å². The Morgan fingerprint density at radius 3 is 2.78 bits per heavy atom. The van der Waals surface area contributed by atoms with Gasteiger partial charge in [0.25, 0.3) is 0 Å². The standard InChI is InChI=1S/C12H13BrN2O3/c1-12(2,3)18-11(17)15-9(16)5-7-4-8(13)6-14-10(7)15/h4,6H,5H2,1-3H3. The van der Waals surface area contributed by atoms with Crippen LogP contribution in [0.5, 0.6) is 0 Å². The number of carbonyl (C=O) groups is 2. The van der Waals surface area contributed by atoms with Gasteiger partial charge in [-0.1, -0.05) is 0 Å². The number of halogens is 1. The highest BCUT2D eigenvalue weighted by Gasteiger charge is 2.36. The number of pyridine rings is 1. The van der Waals surface area contributed by atoms with Gasteiger partial charge in [-0.15, -0.1) is 0 Å². The smallest absolute Gasteiger partial charge is 0.423 e. The first-order valence-corrected chi connectivity index (χ1v) is 6.27. The Labute approximate surface area is 113 Å². The van der Waals surface area contributed by atoms with Crippen LogP contribution in [0.4, 0.5) is 10.6 Å². The number of hydrogen-bond donors (Lipinski definition) is 0. The molecule has 0 atom stereocenters. The molecule has 18 heavy (non-hydrogen) atoms. The molecule has 0 unspecified atom stereocenters. The van der Waals surface area contributed by atoms with E-state index in [2.05, 4.69) is 20.9 Å². The van der Waals surface area contributed by atoms with E-state index in [0.29, 0.717) is 5.82 Å². The molecular weight excluding hydrogens is 300 g/mol. The minimum Gasteiger partial charge on any atom is -0.443 e. The fourth-order valence-electron chi connectivity index (χ4n) is 1.66. The van der Waals surface area contributed by atoms with Crippen molar-refractivity contribution in [2.45, 2.75) is 32.8 Å². The summed E-state index contributed by atoms with van der Waals surface area (Å²) in [5.74, 6) is 0.0438. The number of aromatic nitrogens is 1. The lowest BCUT2D eigenvalue weighted by molar-refractivity contribution is -0.117. The van der Waals surface area contributed by atoms with E-state index in [1.54, 1.807) is 33.0 Å². The Bertz CT molecular complexity index is 523. The Morgan fingerprint density at radius 2 is 2.17 bits per heavy atom. The summed E-state index contributed by atoms with van der Waals surface area (Å²) >= 11 is 3.28. The van der Waals surface area contributed by atoms with Crippen molar-refractivity contribution in [2.24, 2.45) is 0 Å². The normalized spacial score (nSPS) is 14.7. The first-order valence-electron chi connectivity index (χ1n) is 5.48. The average Bonchev–Trinajstić information content (AvgIpc) is 2.50. The van der Waals surface area contributed by atoms with Gasteiger partial charge in [0.1, 0.15) is 11.4 Å². The molecule has 0 spiro atoms. The fraction of sp³-hybridized carbons (Fsp3) is 0.417. The van der Waals surface area contributed by atoms with Crippen LogP contribution in [0.15, 0.2) is 16.7 Å². The van der Waals surface area contributed by atoms with Crippen molar-refractivity contribution in [1.29, 1.82) is 0 Å². The minimum absolute atomic E-state index is 0.168. The number of imide groups is 1. The Balaban J connectivity index is 2.31. The second-order valence-corrected chi connectivity index (χ2v) is 5.94. The number of anilines is 1. The molecule has 1 aliphatic heterocycles. The molecule has 0 N–H and O–H groups in total. The maximum atomic E-state index is 12.0. The fourth-order valence-corrected chi connectivity index (χ4v) is 2.04. The summed E-state index contributed by atoms with van der Waals surface area (Å²) in [4.78, 5) is 28.9. The van der Waals surface area contributed by atoms with Gasteiger partial charge in [0.05, 0.1) is 6.42 Å². The molecule has 1 aromatic rings. The van der Waals surface area contributed by atoms with Crippen LogP contribution < -0.4 is 4.90 Å². The molecule has 5 nitrogen and oxygen atoms in total. The Kier molecular flexibility index (Phi) is 3.14. The number of ether oxygens (including phenoxy) is 1. The van der Waals surface area contributed by atoms with Crippen molar-refractivity contribution >= 4 is 33.7 Å². The van der Waals surface area contributed by atoms with Gasteiger partial charge in [-0.25, -0.2) is 9.78 Å². The molecule has 2 amide bonds. The molecule has 2 heterocycles. The predicted octanol–water partition coefficient (Wildman–Crippen LogP) is 2.67. The summed E-state index contributed by atoms with van der Waals surface area (Å²) in [7, 11) is 0. The SMILES string of the molecule is CC(C)(C)OC(=O)N1C(=O)Cc2cc(Br)cnc21. The number of amides is 2. The number of rotatable bonds is 0. The highest BCUT2D eigenvalue weighted by atomic mass is 79.9. The summed E-state index contributed by atoms with van der Waals surface area (Å²) in [6.07, 6.45) is 1.04. The number of fused-ring (bicyclic) bond motifs is 1. The van der Waals surface area contributed by atoms with E-state index < -0.39 is 11.7 Å². The van der Waals surface area contributed by atoms with E-state index in [1.165, 1.54) is 0 Å². The molecule has 0 aromatic carbocycles. The third-order valence-corrected chi connectivity index (χ3v) is 2.72. The molecule has 1 aromatic heterocycles. The molecule has 0 radical (unpaired) electrons. The van der Waals surface area contributed by atoms with Crippen LogP contribution in [0.25, 0.3) is 0 Å². The minimum atomic E-state index is -0.680. The highest BCUT2D eigenvalue weighted by molar-refractivity contribution is 9.10. The lowest BCUT2D eigenvalue weighted by atomic mass is 10.2. The summed E-state index contributed by atoms with van der Waals surface area (Å²) in [5, 5.41) is 0. The van der Waals surface area contributed by atoms with E-state index in [9.17, 15) is 9.59 Å². The third kappa shape index (κ3) is 2.53. The van der Waals surface area contributed by atoms with Crippen LogP contribution in [-0.4, -0.2) is 22.6 Å². The summed E-state index contributed by atoms with van der Waals surface area (Å²) in [5.41, 5.74) is 0.0791. The van der Waals surface area contributed by atoms with E-state index in [1.807, 2.05) is 0 Å². The zero-order valence-electron chi connectivity index (χ0n) is 10.4. The van der Waals surface area contributed by atoms with Crippen LogP contribution in [0, 0.1) is 0 Å². The van der Waals surface area contributed by atoms with E-state index in [4.69, 9.17) is 4.74 Å².